The predicted octanol–water partition coefficient (Wildman–Crippen LogP) is 4.97. The summed E-state index contributed by atoms with van der Waals surface area (Å²) in [5.74, 6) is 1.51. The summed E-state index contributed by atoms with van der Waals surface area (Å²) in [6, 6.07) is 10.0. The quantitative estimate of drug-likeness (QED) is 0.295. The van der Waals surface area contributed by atoms with Crippen molar-refractivity contribution in [2.24, 2.45) is 11.8 Å². The molecule has 0 N–H and O–H groups in total. The van der Waals surface area contributed by atoms with Gasteiger partial charge in [-0.15, -0.1) is 0 Å². The van der Waals surface area contributed by atoms with Gasteiger partial charge in [0.15, 0.2) is 16.6 Å². The van der Waals surface area contributed by atoms with Gasteiger partial charge in [0.2, 0.25) is 10.0 Å². The number of amides is 1. The van der Waals surface area contributed by atoms with E-state index in [1.165, 1.54) is 23.5 Å². The predicted molar refractivity (Wildman–Crippen MR) is 160 cm³/mol. The van der Waals surface area contributed by atoms with Crippen molar-refractivity contribution >= 4 is 42.6 Å². The van der Waals surface area contributed by atoms with E-state index in [2.05, 4.69) is 4.90 Å². The molecule has 0 unspecified atom stereocenters. The minimum absolute atomic E-state index is 0.190. The number of carbonyl (C=O) groups is 1. The number of benzene rings is 2. The van der Waals surface area contributed by atoms with E-state index in [-0.39, 0.29) is 22.6 Å². The molecule has 9 nitrogen and oxygen atoms in total. The van der Waals surface area contributed by atoms with Crippen molar-refractivity contribution in [3.05, 3.63) is 42.0 Å². The lowest BCUT2D eigenvalue weighted by Gasteiger charge is -2.26. The molecule has 11 heteroatoms. The van der Waals surface area contributed by atoms with Gasteiger partial charge in [-0.25, -0.2) is 13.4 Å². The highest BCUT2D eigenvalue weighted by molar-refractivity contribution is 7.89. The molecule has 2 aromatic carbocycles. The van der Waals surface area contributed by atoms with Crippen LogP contribution in [-0.4, -0.2) is 82.0 Å². The third-order valence-electron chi connectivity index (χ3n) is 6.38. The summed E-state index contributed by atoms with van der Waals surface area (Å²) < 4.78 is 40.8. The number of fused-ring (bicyclic) bond motifs is 2. The summed E-state index contributed by atoms with van der Waals surface area (Å²) in [6.45, 7) is 11.2. The molecular formula is C29H40N4O5S2. The van der Waals surface area contributed by atoms with Gasteiger partial charge >= 0.3 is 0 Å². The number of carbonyl (C=O) groups excluding carboxylic acids is 1. The maximum Gasteiger partial charge on any atom is 0.260 e. The molecule has 1 aliphatic heterocycles. The van der Waals surface area contributed by atoms with Crippen molar-refractivity contribution in [1.82, 2.24) is 14.2 Å². The lowest BCUT2D eigenvalue weighted by Crippen LogP contribution is -2.37. The Morgan fingerprint density at radius 3 is 2.12 bits per heavy atom. The van der Waals surface area contributed by atoms with Crippen LogP contribution in [0, 0.1) is 11.8 Å². The Hall–Kier alpha value is -2.73. The van der Waals surface area contributed by atoms with E-state index in [0.717, 1.165) is 23.2 Å². The summed E-state index contributed by atoms with van der Waals surface area (Å²) in [7, 11) is 0.304. The molecule has 1 aliphatic rings. The molecule has 1 amide bonds. The van der Waals surface area contributed by atoms with Crippen LogP contribution < -0.4 is 14.4 Å². The fourth-order valence-electron chi connectivity index (χ4n) is 4.56. The number of sulfonamides is 1. The standard InChI is InChI=1S/C29H40N4O5S2/c1-20(2)18-32(19-21(3)4)40(35,36)23-10-8-22(9-11-23)28(34)33(13-7-12-31(5)6)29-30-24-16-25-26(17-27(24)39-29)38-15-14-37-25/h8-11,16-17,20-21H,7,12-15,18-19H2,1-6H3. The van der Waals surface area contributed by atoms with Gasteiger partial charge in [0.1, 0.15) is 13.2 Å². The molecule has 0 spiro atoms. The van der Waals surface area contributed by atoms with E-state index in [9.17, 15) is 13.2 Å². The van der Waals surface area contributed by atoms with E-state index in [0.29, 0.717) is 55.0 Å². The van der Waals surface area contributed by atoms with Crippen molar-refractivity contribution in [3.63, 3.8) is 0 Å². The Morgan fingerprint density at radius 1 is 0.950 bits per heavy atom. The van der Waals surface area contributed by atoms with Crippen LogP contribution in [0.2, 0.25) is 0 Å². The second-order valence-electron chi connectivity index (χ2n) is 11.2. The van der Waals surface area contributed by atoms with Crippen molar-refractivity contribution in [2.75, 3.05) is 58.4 Å². The molecule has 0 bridgehead atoms. The lowest BCUT2D eigenvalue weighted by atomic mass is 10.2. The zero-order valence-corrected chi connectivity index (χ0v) is 25.8. The fraction of sp³-hybridized carbons (Fsp3) is 0.517. The summed E-state index contributed by atoms with van der Waals surface area (Å²) in [4.78, 5) is 22.5. The average Bonchev–Trinajstić information content (AvgIpc) is 3.30. The molecule has 1 aromatic heterocycles. The zero-order chi connectivity index (χ0) is 29.0. The SMILES string of the molecule is CC(C)CN(CC(C)C)S(=O)(=O)c1ccc(C(=O)N(CCCN(C)C)c2nc3cc4c(cc3s2)OCCO4)cc1. The second-order valence-corrected chi connectivity index (χ2v) is 14.2. The van der Waals surface area contributed by atoms with Gasteiger partial charge in [-0.2, -0.15) is 4.31 Å². The highest BCUT2D eigenvalue weighted by Gasteiger charge is 2.27. The average molecular weight is 589 g/mol. The van der Waals surface area contributed by atoms with Gasteiger partial charge in [0.05, 0.1) is 15.1 Å². The number of aromatic nitrogens is 1. The number of thiazole rings is 1. The molecule has 0 saturated carbocycles. The third kappa shape index (κ3) is 7.12. The monoisotopic (exact) mass is 588 g/mol. The van der Waals surface area contributed by atoms with Crippen molar-refractivity contribution < 1.29 is 22.7 Å². The number of anilines is 1. The largest absolute Gasteiger partial charge is 0.486 e. The Morgan fingerprint density at radius 2 is 1.55 bits per heavy atom. The van der Waals surface area contributed by atoms with Crippen molar-refractivity contribution in [3.8, 4) is 11.5 Å². The molecule has 3 aromatic rings. The first kappa shape index (κ1) is 30.2. The van der Waals surface area contributed by atoms with Gasteiger partial charge in [-0.1, -0.05) is 39.0 Å². The topological polar surface area (TPSA) is 92.3 Å². The molecule has 4 rings (SSSR count). The lowest BCUT2D eigenvalue weighted by molar-refractivity contribution is 0.0986. The van der Waals surface area contributed by atoms with Crippen LogP contribution >= 0.6 is 11.3 Å². The highest BCUT2D eigenvalue weighted by Crippen LogP contribution is 2.39. The minimum Gasteiger partial charge on any atom is -0.486 e. The summed E-state index contributed by atoms with van der Waals surface area (Å²) in [5.41, 5.74) is 1.15. The summed E-state index contributed by atoms with van der Waals surface area (Å²) in [5, 5.41) is 0.581. The van der Waals surface area contributed by atoms with E-state index in [4.69, 9.17) is 14.5 Å². The third-order valence-corrected chi connectivity index (χ3v) is 9.27. The number of ether oxygens (including phenoxy) is 2. The van der Waals surface area contributed by atoms with E-state index in [1.807, 2.05) is 53.9 Å². The molecule has 0 aliphatic carbocycles. The zero-order valence-electron chi connectivity index (χ0n) is 24.2. The number of hydrogen-bond acceptors (Lipinski definition) is 8. The number of rotatable bonds is 12. The van der Waals surface area contributed by atoms with Crippen molar-refractivity contribution in [2.45, 2.75) is 39.0 Å². The van der Waals surface area contributed by atoms with Crippen LogP contribution in [0.15, 0.2) is 41.3 Å². The van der Waals surface area contributed by atoms with Gasteiger partial charge in [0.25, 0.3) is 5.91 Å². The van der Waals surface area contributed by atoms with Gasteiger partial charge < -0.3 is 14.4 Å². The minimum atomic E-state index is -3.69. The maximum atomic E-state index is 13.8. The Bertz CT molecular complexity index is 1370. The van der Waals surface area contributed by atoms with Crippen LogP contribution in [-0.2, 0) is 10.0 Å². The summed E-state index contributed by atoms with van der Waals surface area (Å²) >= 11 is 1.42. The molecule has 0 fully saturated rings. The number of hydrogen-bond donors (Lipinski definition) is 0. The molecule has 40 heavy (non-hydrogen) atoms. The van der Waals surface area contributed by atoms with E-state index < -0.39 is 10.0 Å². The molecule has 2 heterocycles. The first-order valence-corrected chi connectivity index (χ1v) is 16.0. The van der Waals surface area contributed by atoms with Crippen LogP contribution in [0.5, 0.6) is 11.5 Å². The number of nitrogens with zero attached hydrogens (tertiary/aromatic N) is 4. The van der Waals surface area contributed by atoms with Crippen LogP contribution in [0.3, 0.4) is 0 Å². The fourth-order valence-corrected chi connectivity index (χ4v) is 7.32. The van der Waals surface area contributed by atoms with Crippen molar-refractivity contribution in [1.29, 1.82) is 0 Å². The second kappa shape index (κ2) is 12.8. The summed E-state index contributed by atoms with van der Waals surface area (Å²) in [6.07, 6.45) is 0.753. The van der Waals surface area contributed by atoms with Gasteiger partial charge in [0, 0.05) is 37.3 Å². The molecule has 0 saturated heterocycles. The maximum absolute atomic E-state index is 13.8. The Kier molecular flexibility index (Phi) is 9.71. The van der Waals surface area contributed by atoms with E-state index >= 15 is 0 Å². The van der Waals surface area contributed by atoms with Gasteiger partial charge in [-0.05, 0) is 63.2 Å². The molecule has 0 atom stereocenters. The Balaban J connectivity index is 1.62. The normalized spacial score (nSPS) is 13.7. The highest BCUT2D eigenvalue weighted by atomic mass is 32.2. The van der Waals surface area contributed by atoms with Crippen LogP contribution in [0.1, 0.15) is 44.5 Å². The first-order chi connectivity index (χ1) is 19.0. The van der Waals surface area contributed by atoms with Crippen LogP contribution in [0.25, 0.3) is 10.2 Å². The van der Waals surface area contributed by atoms with Gasteiger partial charge in [-0.3, -0.25) is 9.69 Å². The van der Waals surface area contributed by atoms with E-state index in [1.54, 1.807) is 21.3 Å². The Labute approximate surface area is 241 Å². The molecular weight excluding hydrogens is 548 g/mol. The smallest absolute Gasteiger partial charge is 0.260 e. The molecule has 0 radical (unpaired) electrons. The van der Waals surface area contributed by atoms with Crippen LogP contribution in [0.4, 0.5) is 5.13 Å². The molecule has 218 valence electrons. The first-order valence-electron chi connectivity index (χ1n) is 13.7.